The third kappa shape index (κ3) is 9.93. The fourth-order valence-corrected chi connectivity index (χ4v) is 4.56. The summed E-state index contributed by atoms with van der Waals surface area (Å²) in [5.41, 5.74) is 18.7. The Balaban J connectivity index is 1.85. The van der Waals surface area contributed by atoms with E-state index < -0.39 is 53.8 Å². The maximum absolute atomic E-state index is 13.6. The molecule has 1 aromatic carbocycles. The summed E-state index contributed by atoms with van der Waals surface area (Å²) < 4.78 is 0. The highest BCUT2D eigenvalue weighted by Crippen LogP contribution is 2.19. The van der Waals surface area contributed by atoms with Crippen molar-refractivity contribution in [1.29, 1.82) is 0 Å². The van der Waals surface area contributed by atoms with Crippen LogP contribution in [-0.2, 0) is 36.8 Å². The summed E-state index contributed by atoms with van der Waals surface area (Å²) >= 11 is 0. The second-order valence-electron chi connectivity index (χ2n) is 10.3. The van der Waals surface area contributed by atoms with Gasteiger partial charge in [-0.1, -0.05) is 18.2 Å². The number of aromatic nitrogens is 3. The van der Waals surface area contributed by atoms with E-state index in [2.05, 4.69) is 30.9 Å². The number of hydrogen-bond donors (Lipinski definition) is 9. The number of aromatic amines is 2. The summed E-state index contributed by atoms with van der Waals surface area (Å²) in [6, 6.07) is 2.72. The van der Waals surface area contributed by atoms with Gasteiger partial charge in [0.1, 0.15) is 18.1 Å². The number of carbonyl (C=O) groups is 5. The van der Waals surface area contributed by atoms with Gasteiger partial charge in [0.2, 0.25) is 23.6 Å². The quantitative estimate of drug-likeness (QED) is 0.0807. The number of aliphatic carboxylic acids is 1. The lowest BCUT2D eigenvalue weighted by Crippen LogP contribution is -2.58. The smallest absolute Gasteiger partial charge is 0.326 e. The van der Waals surface area contributed by atoms with E-state index in [1.165, 1.54) is 12.5 Å². The van der Waals surface area contributed by atoms with Crippen LogP contribution in [0.4, 0.5) is 0 Å². The number of carboxylic acid groups (broad SMARTS) is 1. The summed E-state index contributed by atoms with van der Waals surface area (Å²) in [5, 5.41) is 18.4. The molecule has 0 spiro atoms. The molecule has 4 amide bonds. The van der Waals surface area contributed by atoms with Crippen LogP contribution in [0.15, 0.2) is 43.0 Å². The van der Waals surface area contributed by atoms with E-state index in [-0.39, 0.29) is 32.1 Å². The lowest BCUT2D eigenvalue weighted by Gasteiger charge is -2.25. The Labute approximate surface area is 247 Å². The van der Waals surface area contributed by atoms with Gasteiger partial charge in [0, 0.05) is 48.3 Å². The van der Waals surface area contributed by atoms with Crippen molar-refractivity contribution in [3.63, 3.8) is 0 Å². The van der Waals surface area contributed by atoms with E-state index in [9.17, 15) is 29.1 Å². The number of rotatable bonds is 18. The molecule has 3 aromatic rings. The molecule has 232 valence electrons. The molecule has 15 nitrogen and oxygen atoms in total. The Hall–Kier alpha value is -4.76. The van der Waals surface area contributed by atoms with Crippen molar-refractivity contribution in [3.8, 4) is 0 Å². The Bertz CT molecular complexity index is 1390. The van der Waals surface area contributed by atoms with Crippen LogP contribution < -0.4 is 33.2 Å². The summed E-state index contributed by atoms with van der Waals surface area (Å²) in [6.45, 7) is 0.384. The maximum Gasteiger partial charge on any atom is 0.326 e. The highest BCUT2D eigenvalue weighted by Gasteiger charge is 2.31. The number of para-hydroxylation sites is 1. The Morgan fingerprint density at radius 1 is 0.884 bits per heavy atom. The molecule has 0 aliphatic rings. The molecule has 4 atom stereocenters. The van der Waals surface area contributed by atoms with Gasteiger partial charge in [-0.3, -0.25) is 19.2 Å². The number of carboxylic acids is 1. The summed E-state index contributed by atoms with van der Waals surface area (Å²) in [7, 11) is 0. The van der Waals surface area contributed by atoms with Gasteiger partial charge in [0.05, 0.1) is 12.4 Å². The molecule has 4 unspecified atom stereocenters. The normalized spacial score (nSPS) is 13.9. The van der Waals surface area contributed by atoms with Gasteiger partial charge in [-0.15, -0.1) is 0 Å². The third-order valence-corrected chi connectivity index (χ3v) is 6.94. The highest BCUT2D eigenvalue weighted by molar-refractivity contribution is 5.95. The van der Waals surface area contributed by atoms with Crippen LogP contribution in [-0.4, -0.2) is 80.4 Å². The number of primary amides is 1. The average molecular weight is 598 g/mol. The monoisotopic (exact) mass is 597 g/mol. The van der Waals surface area contributed by atoms with Crippen molar-refractivity contribution in [2.45, 2.75) is 69.1 Å². The number of carbonyl (C=O) groups excluding carboxylic acids is 4. The third-order valence-electron chi connectivity index (χ3n) is 6.94. The number of nitrogens with one attached hydrogen (secondary N) is 5. The molecule has 0 radical (unpaired) electrons. The Kier molecular flexibility index (Phi) is 12.2. The van der Waals surface area contributed by atoms with Crippen LogP contribution in [0.2, 0.25) is 0 Å². The lowest BCUT2D eigenvalue weighted by molar-refractivity contribution is -0.142. The van der Waals surface area contributed by atoms with Crippen LogP contribution in [0.5, 0.6) is 0 Å². The zero-order valence-corrected chi connectivity index (χ0v) is 23.7. The first-order valence-corrected chi connectivity index (χ1v) is 14.0. The Morgan fingerprint density at radius 3 is 2.21 bits per heavy atom. The molecule has 0 saturated heterocycles. The molecule has 0 bridgehead atoms. The van der Waals surface area contributed by atoms with Crippen molar-refractivity contribution in [2.24, 2.45) is 17.2 Å². The van der Waals surface area contributed by atoms with Gasteiger partial charge in [-0.05, 0) is 43.9 Å². The SMILES string of the molecule is NCCCCC(NC(=O)C(Cc1c[nH]c2ccccc12)NC(=O)C(Cc1cnc[nH]1)NC(=O)C(N)CCC(N)=O)C(=O)O. The molecule has 15 heteroatoms. The van der Waals surface area contributed by atoms with E-state index in [0.717, 1.165) is 10.9 Å². The topological polar surface area (TPSA) is 264 Å². The minimum Gasteiger partial charge on any atom is -0.480 e. The van der Waals surface area contributed by atoms with E-state index >= 15 is 0 Å². The van der Waals surface area contributed by atoms with Crippen LogP contribution in [0, 0.1) is 0 Å². The van der Waals surface area contributed by atoms with Gasteiger partial charge in [0.25, 0.3) is 0 Å². The van der Waals surface area contributed by atoms with Gasteiger partial charge in [-0.2, -0.15) is 0 Å². The van der Waals surface area contributed by atoms with Gasteiger partial charge in [0.15, 0.2) is 0 Å². The zero-order chi connectivity index (χ0) is 31.4. The first-order valence-electron chi connectivity index (χ1n) is 14.0. The molecule has 0 aliphatic heterocycles. The van der Waals surface area contributed by atoms with Crippen molar-refractivity contribution >= 4 is 40.5 Å². The van der Waals surface area contributed by atoms with E-state index in [4.69, 9.17) is 17.2 Å². The second-order valence-corrected chi connectivity index (χ2v) is 10.3. The zero-order valence-electron chi connectivity index (χ0n) is 23.7. The molecule has 0 fully saturated rings. The van der Waals surface area contributed by atoms with Crippen LogP contribution in [0.3, 0.4) is 0 Å². The molecule has 43 heavy (non-hydrogen) atoms. The van der Waals surface area contributed by atoms with Crippen molar-refractivity contribution in [3.05, 3.63) is 54.2 Å². The number of nitrogens with two attached hydrogens (primary N) is 3. The second kappa shape index (κ2) is 16.0. The number of H-pyrrole nitrogens is 2. The van der Waals surface area contributed by atoms with Gasteiger partial charge >= 0.3 is 5.97 Å². The highest BCUT2D eigenvalue weighted by atomic mass is 16.4. The van der Waals surface area contributed by atoms with Crippen molar-refractivity contribution in [2.75, 3.05) is 6.54 Å². The first kappa shape index (κ1) is 32.8. The predicted molar refractivity (Wildman–Crippen MR) is 157 cm³/mol. The van der Waals surface area contributed by atoms with E-state index in [1.807, 2.05) is 24.3 Å². The number of imidazole rings is 1. The summed E-state index contributed by atoms with van der Waals surface area (Å²) in [5.74, 6) is -3.94. The first-order chi connectivity index (χ1) is 20.6. The summed E-state index contributed by atoms with van der Waals surface area (Å²) in [4.78, 5) is 72.9. The van der Waals surface area contributed by atoms with Crippen LogP contribution in [0.25, 0.3) is 10.9 Å². The lowest BCUT2D eigenvalue weighted by atomic mass is 10.0. The number of hydrogen-bond acceptors (Lipinski definition) is 8. The molecule has 2 aromatic heterocycles. The number of fused-ring (bicyclic) bond motifs is 1. The molecule has 0 saturated carbocycles. The van der Waals surface area contributed by atoms with Gasteiger partial charge < -0.3 is 48.2 Å². The predicted octanol–water partition coefficient (Wildman–Crippen LogP) is -1.06. The standard InChI is InChI=1S/C28H39N9O6/c29-10-4-3-7-21(28(42)43)35-26(40)22(11-16-13-33-20-6-2-1-5-18(16)20)37-27(41)23(12-17-14-32-15-34-17)36-25(39)19(30)8-9-24(31)38/h1-2,5-6,13-15,19,21-23,33H,3-4,7-12,29-30H2,(H2,31,38)(H,32,34)(H,35,40)(H,36,39)(H,37,41)(H,42,43). The van der Waals surface area contributed by atoms with E-state index in [0.29, 0.717) is 30.6 Å². The minimum absolute atomic E-state index is 0.0155. The number of benzene rings is 1. The van der Waals surface area contributed by atoms with Crippen molar-refractivity contribution in [1.82, 2.24) is 30.9 Å². The number of amides is 4. The molecule has 12 N–H and O–H groups in total. The fourth-order valence-electron chi connectivity index (χ4n) is 4.56. The minimum atomic E-state index is -1.21. The largest absolute Gasteiger partial charge is 0.480 e. The fraction of sp³-hybridized carbons (Fsp3) is 0.429. The Morgan fingerprint density at radius 2 is 1.56 bits per heavy atom. The molecular formula is C28H39N9O6. The molecular weight excluding hydrogens is 558 g/mol. The van der Waals surface area contributed by atoms with Crippen molar-refractivity contribution < 1.29 is 29.1 Å². The molecule has 3 rings (SSSR count). The summed E-state index contributed by atoms with van der Waals surface area (Å²) in [6.07, 6.45) is 5.72. The van der Waals surface area contributed by atoms with Gasteiger partial charge in [-0.25, -0.2) is 9.78 Å². The molecule has 0 aliphatic carbocycles. The molecule has 2 heterocycles. The van der Waals surface area contributed by atoms with Crippen LogP contribution in [0.1, 0.15) is 43.4 Å². The average Bonchev–Trinajstić information content (AvgIpc) is 3.64. The number of unbranched alkanes of at least 4 members (excludes halogenated alkanes) is 1. The van der Waals surface area contributed by atoms with Crippen LogP contribution >= 0.6 is 0 Å². The number of nitrogens with zero attached hydrogens (tertiary/aromatic N) is 1. The maximum atomic E-state index is 13.6. The van der Waals surface area contributed by atoms with E-state index in [1.54, 1.807) is 6.20 Å².